The maximum Gasteiger partial charge on any atom is 0.207 e. The molecule has 1 unspecified atom stereocenters. The average Bonchev–Trinajstić information content (AvgIpc) is 2.79. The van der Waals surface area contributed by atoms with Crippen LogP contribution in [0.15, 0.2) is 42.5 Å². The minimum Gasteiger partial charge on any atom is -0.467 e. The molecule has 0 N–H and O–H groups in total. The monoisotopic (exact) mass is 449 g/mol. The van der Waals surface area contributed by atoms with Gasteiger partial charge in [0, 0.05) is 0 Å². The molecule has 0 radical (unpaired) electrons. The van der Waals surface area contributed by atoms with Crippen LogP contribution in [0.1, 0.15) is 22.8 Å². The topological polar surface area (TPSA) is 51.5 Å². The second-order valence-electron chi connectivity index (χ2n) is 6.73. The summed E-state index contributed by atoms with van der Waals surface area (Å²) in [5, 5.41) is 9.37. The number of nitriles is 1. The molecular formula is C23H16F5NO3. The maximum atomic E-state index is 13.8. The van der Waals surface area contributed by atoms with Gasteiger partial charge < -0.3 is 14.2 Å². The molecule has 0 spiro atoms. The normalized spacial score (nSPS) is 11.7. The number of nitrogens with zero attached hydrogens (tertiary/aromatic N) is 1. The number of halogens is 5. The Morgan fingerprint density at radius 1 is 0.781 bits per heavy atom. The summed E-state index contributed by atoms with van der Waals surface area (Å²) in [6.07, 6.45) is -1.04. The first kappa shape index (κ1) is 23.0. The SMILES string of the molecule is Cc1cccc(C)c1OCOC(C#N)c1ccc(Oc2c(F)c(F)c(F)c(F)c2F)cc1. The van der Waals surface area contributed by atoms with E-state index < -0.39 is 40.9 Å². The van der Waals surface area contributed by atoms with Crippen molar-refractivity contribution in [3.8, 4) is 23.3 Å². The van der Waals surface area contributed by atoms with Gasteiger partial charge in [-0.2, -0.15) is 14.0 Å². The van der Waals surface area contributed by atoms with E-state index in [0.29, 0.717) is 11.3 Å². The van der Waals surface area contributed by atoms with Gasteiger partial charge in [-0.3, -0.25) is 0 Å². The number of hydrogen-bond donors (Lipinski definition) is 0. The first-order chi connectivity index (χ1) is 15.2. The number of para-hydroxylation sites is 1. The third-order valence-corrected chi connectivity index (χ3v) is 4.54. The summed E-state index contributed by atoms with van der Waals surface area (Å²) in [4.78, 5) is 0. The van der Waals surface area contributed by atoms with Gasteiger partial charge in [-0.15, -0.1) is 0 Å². The minimum atomic E-state index is -2.28. The van der Waals surface area contributed by atoms with Gasteiger partial charge >= 0.3 is 0 Å². The van der Waals surface area contributed by atoms with Crippen LogP contribution >= 0.6 is 0 Å². The smallest absolute Gasteiger partial charge is 0.207 e. The van der Waals surface area contributed by atoms with Gasteiger partial charge in [-0.25, -0.2) is 13.2 Å². The van der Waals surface area contributed by atoms with E-state index in [1.54, 1.807) is 0 Å². The number of aryl methyl sites for hydroxylation is 2. The van der Waals surface area contributed by atoms with Gasteiger partial charge in [0.05, 0.1) is 6.07 Å². The van der Waals surface area contributed by atoms with Crippen molar-refractivity contribution in [1.82, 2.24) is 0 Å². The fraction of sp³-hybridized carbons (Fsp3) is 0.174. The zero-order valence-corrected chi connectivity index (χ0v) is 16.9. The van der Waals surface area contributed by atoms with Crippen LogP contribution < -0.4 is 9.47 Å². The van der Waals surface area contributed by atoms with E-state index in [1.165, 1.54) is 24.3 Å². The molecule has 0 heterocycles. The molecule has 166 valence electrons. The lowest BCUT2D eigenvalue weighted by Crippen LogP contribution is -2.09. The van der Waals surface area contributed by atoms with Crippen molar-refractivity contribution in [3.05, 3.63) is 88.2 Å². The van der Waals surface area contributed by atoms with Gasteiger partial charge in [-0.1, -0.05) is 30.3 Å². The standard InChI is InChI=1S/C23H16F5NO3/c1-12-4-3-5-13(2)22(12)31-11-30-16(10-29)14-6-8-15(9-7-14)32-23-20(27)18(25)17(24)19(26)21(23)28/h3-9,16H,11H2,1-2H3. The van der Waals surface area contributed by atoms with Crippen molar-refractivity contribution in [2.24, 2.45) is 0 Å². The van der Waals surface area contributed by atoms with E-state index in [9.17, 15) is 27.2 Å². The van der Waals surface area contributed by atoms with Crippen LogP contribution in [-0.2, 0) is 4.74 Å². The lowest BCUT2D eigenvalue weighted by Gasteiger charge is -2.15. The Bertz CT molecular complexity index is 1130. The molecule has 32 heavy (non-hydrogen) atoms. The van der Waals surface area contributed by atoms with Crippen molar-refractivity contribution in [2.75, 3.05) is 6.79 Å². The van der Waals surface area contributed by atoms with E-state index in [-0.39, 0.29) is 12.5 Å². The van der Waals surface area contributed by atoms with Crippen LogP contribution in [-0.4, -0.2) is 6.79 Å². The van der Waals surface area contributed by atoms with E-state index in [2.05, 4.69) is 0 Å². The van der Waals surface area contributed by atoms with Crippen LogP contribution in [0.4, 0.5) is 22.0 Å². The summed E-state index contributed by atoms with van der Waals surface area (Å²) in [5.74, 6) is -11.7. The Balaban J connectivity index is 1.70. The molecule has 0 aromatic heterocycles. The summed E-state index contributed by atoms with van der Waals surface area (Å²) in [5.41, 5.74) is 2.16. The molecule has 0 bridgehead atoms. The van der Waals surface area contributed by atoms with E-state index in [4.69, 9.17) is 14.2 Å². The zero-order valence-electron chi connectivity index (χ0n) is 16.9. The average molecular weight is 449 g/mol. The highest BCUT2D eigenvalue weighted by atomic mass is 19.2. The van der Waals surface area contributed by atoms with Crippen LogP contribution in [0.5, 0.6) is 17.2 Å². The highest BCUT2D eigenvalue weighted by molar-refractivity contribution is 5.40. The minimum absolute atomic E-state index is 0.208. The second-order valence-corrected chi connectivity index (χ2v) is 6.73. The van der Waals surface area contributed by atoms with Gasteiger partial charge in [0.2, 0.25) is 34.8 Å². The molecule has 3 rings (SSSR count). The molecule has 9 heteroatoms. The van der Waals surface area contributed by atoms with Crippen molar-refractivity contribution in [1.29, 1.82) is 5.26 Å². The van der Waals surface area contributed by atoms with E-state index >= 15 is 0 Å². The van der Waals surface area contributed by atoms with Crippen molar-refractivity contribution < 1.29 is 36.2 Å². The molecule has 0 fully saturated rings. The molecule has 0 saturated carbocycles. The molecular weight excluding hydrogens is 433 g/mol. The molecule has 0 amide bonds. The van der Waals surface area contributed by atoms with Gasteiger partial charge in [0.15, 0.2) is 12.9 Å². The summed E-state index contributed by atoms with van der Waals surface area (Å²) in [6.45, 7) is 3.52. The number of hydrogen-bond acceptors (Lipinski definition) is 4. The first-order valence-corrected chi connectivity index (χ1v) is 9.24. The third-order valence-electron chi connectivity index (χ3n) is 4.54. The largest absolute Gasteiger partial charge is 0.467 e. The quantitative estimate of drug-likeness (QED) is 0.181. The van der Waals surface area contributed by atoms with E-state index in [0.717, 1.165) is 11.1 Å². The second kappa shape index (κ2) is 9.66. The van der Waals surface area contributed by atoms with Crippen LogP contribution in [0.3, 0.4) is 0 Å². The summed E-state index contributed by atoms with van der Waals surface area (Å²) in [6, 6.07) is 12.7. The van der Waals surface area contributed by atoms with Gasteiger partial charge in [-0.05, 0) is 42.7 Å². The van der Waals surface area contributed by atoms with Crippen molar-refractivity contribution in [2.45, 2.75) is 20.0 Å². The molecule has 0 saturated heterocycles. The number of rotatable bonds is 7. The van der Waals surface area contributed by atoms with Gasteiger partial charge in [0.25, 0.3) is 0 Å². The number of ether oxygens (including phenoxy) is 3. The van der Waals surface area contributed by atoms with Crippen LogP contribution in [0, 0.1) is 54.3 Å². The molecule has 3 aromatic carbocycles. The highest BCUT2D eigenvalue weighted by Crippen LogP contribution is 2.33. The summed E-state index contributed by atoms with van der Waals surface area (Å²) in [7, 11) is 0. The van der Waals surface area contributed by atoms with Crippen LogP contribution in [0.2, 0.25) is 0 Å². The fourth-order valence-corrected chi connectivity index (χ4v) is 2.90. The van der Waals surface area contributed by atoms with Gasteiger partial charge in [0.1, 0.15) is 11.5 Å². The zero-order chi connectivity index (χ0) is 23.4. The summed E-state index contributed by atoms with van der Waals surface area (Å²) >= 11 is 0. The fourth-order valence-electron chi connectivity index (χ4n) is 2.90. The highest BCUT2D eigenvalue weighted by Gasteiger charge is 2.27. The Hall–Kier alpha value is -3.64. The molecule has 3 aromatic rings. The first-order valence-electron chi connectivity index (χ1n) is 9.24. The Morgan fingerprint density at radius 2 is 1.31 bits per heavy atom. The Morgan fingerprint density at radius 3 is 1.84 bits per heavy atom. The molecule has 0 aliphatic rings. The Kier molecular flexibility index (Phi) is 6.95. The number of benzene rings is 3. The van der Waals surface area contributed by atoms with Crippen LogP contribution in [0.25, 0.3) is 0 Å². The molecule has 0 aliphatic carbocycles. The lowest BCUT2D eigenvalue weighted by atomic mass is 10.1. The maximum absolute atomic E-state index is 13.8. The molecule has 1 atom stereocenters. The Labute approximate surface area is 180 Å². The van der Waals surface area contributed by atoms with Crippen molar-refractivity contribution in [3.63, 3.8) is 0 Å². The molecule has 4 nitrogen and oxygen atoms in total. The predicted octanol–water partition coefficient (Wildman–Crippen LogP) is 6.41. The third kappa shape index (κ3) is 4.65. The predicted molar refractivity (Wildman–Crippen MR) is 104 cm³/mol. The molecule has 0 aliphatic heterocycles. The van der Waals surface area contributed by atoms with E-state index in [1.807, 2.05) is 38.1 Å². The van der Waals surface area contributed by atoms with Crippen molar-refractivity contribution >= 4 is 0 Å². The lowest BCUT2D eigenvalue weighted by molar-refractivity contribution is -0.0145. The summed E-state index contributed by atoms with van der Waals surface area (Å²) < 4.78 is 83.2.